The summed E-state index contributed by atoms with van der Waals surface area (Å²) in [6.45, 7) is 4.07. The van der Waals surface area contributed by atoms with E-state index in [0.29, 0.717) is 5.92 Å². The number of aryl methyl sites for hydroxylation is 1. The van der Waals surface area contributed by atoms with Gasteiger partial charge >= 0.3 is 0 Å². The second-order valence-electron chi connectivity index (χ2n) is 5.56. The van der Waals surface area contributed by atoms with E-state index in [1.54, 1.807) is 0 Å². The average Bonchev–Trinajstić information content (AvgIpc) is 2.48. The maximum atomic E-state index is 12.0. The quantitative estimate of drug-likeness (QED) is 0.910. The van der Waals surface area contributed by atoms with Gasteiger partial charge in [0.25, 0.3) is 5.56 Å². The molecule has 2 aromatic heterocycles. The van der Waals surface area contributed by atoms with E-state index >= 15 is 0 Å². The minimum absolute atomic E-state index is 0.0973. The highest BCUT2D eigenvalue weighted by atomic mass is 16.1. The molecular formula is C17H20N2O. The maximum absolute atomic E-state index is 12.0. The normalized spacial score (nSPS) is 17.8. The van der Waals surface area contributed by atoms with Gasteiger partial charge in [-0.1, -0.05) is 13.0 Å². The number of pyridine rings is 2. The van der Waals surface area contributed by atoms with E-state index in [4.69, 9.17) is 0 Å². The monoisotopic (exact) mass is 268 g/mol. The van der Waals surface area contributed by atoms with Gasteiger partial charge in [-0.05, 0) is 55.9 Å². The van der Waals surface area contributed by atoms with Gasteiger partial charge in [-0.25, -0.2) is 0 Å². The lowest BCUT2D eigenvalue weighted by Crippen LogP contribution is -2.24. The number of nitrogens with one attached hydrogen (secondary N) is 1. The lowest BCUT2D eigenvalue weighted by Gasteiger charge is -2.27. The lowest BCUT2D eigenvalue weighted by molar-refractivity contribution is 0.562. The van der Waals surface area contributed by atoms with Crippen LogP contribution in [0.2, 0.25) is 0 Å². The van der Waals surface area contributed by atoms with Crippen molar-refractivity contribution < 1.29 is 0 Å². The first-order valence-corrected chi connectivity index (χ1v) is 7.35. The van der Waals surface area contributed by atoms with Crippen LogP contribution in [0, 0.1) is 6.92 Å². The highest BCUT2D eigenvalue weighted by Crippen LogP contribution is 2.33. The Morgan fingerprint density at radius 1 is 1.35 bits per heavy atom. The van der Waals surface area contributed by atoms with Crippen molar-refractivity contribution in [3.05, 3.63) is 62.8 Å². The Labute approximate surface area is 119 Å². The maximum Gasteiger partial charge on any atom is 0.251 e. The molecule has 104 valence electrons. The fraction of sp³-hybridized carbons (Fsp3) is 0.412. The molecule has 1 aliphatic carbocycles. The van der Waals surface area contributed by atoms with Crippen LogP contribution in [0.25, 0.3) is 0 Å². The Morgan fingerprint density at radius 2 is 2.20 bits per heavy atom. The van der Waals surface area contributed by atoms with Crippen molar-refractivity contribution in [2.24, 2.45) is 0 Å². The summed E-state index contributed by atoms with van der Waals surface area (Å²) in [5.74, 6) is 0.470. The number of H-pyrrole nitrogens is 1. The standard InChI is InChI=1S/C17H20N2O/c1-3-13-14-8-7-12(16-6-4-5-9-18-16)10-15(14)11(2)19-17(13)20/h4-6,9,12H,3,7-8,10H2,1-2H3,(H,19,20). The molecule has 0 aliphatic heterocycles. The van der Waals surface area contributed by atoms with Crippen LogP contribution in [0.1, 0.15) is 47.3 Å². The molecule has 0 amide bonds. The number of hydrogen-bond acceptors (Lipinski definition) is 2. The van der Waals surface area contributed by atoms with E-state index in [9.17, 15) is 4.79 Å². The molecule has 2 heterocycles. The molecule has 0 saturated heterocycles. The molecule has 0 saturated carbocycles. The summed E-state index contributed by atoms with van der Waals surface area (Å²) < 4.78 is 0. The van der Waals surface area contributed by atoms with E-state index < -0.39 is 0 Å². The SMILES string of the molecule is CCc1c2c(c(C)[nH]c1=O)CC(c1ccccn1)CC2. The molecule has 3 heteroatoms. The smallest absolute Gasteiger partial charge is 0.251 e. The van der Waals surface area contributed by atoms with Gasteiger partial charge in [0.1, 0.15) is 0 Å². The van der Waals surface area contributed by atoms with Gasteiger partial charge in [0.15, 0.2) is 0 Å². The molecule has 0 bridgehead atoms. The molecule has 1 atom stereocenters. The predicted octanol–water partition coefficient (Wildman–Crippen LogP) is 2.91. The number of rotatable bonds is 2. The minimum Gasteiger partial charge on any atom is -0.326 e. The van der Waals surface area contributed by atoms with E-state index in [1.807, 2.05) is 19.2 Å². The van der Waals surface area contributed by atoms with Gasteiger partial charge in [-0.15, -0.1) is 0 Å². The molecule has 1 unspecified atom stereocenters. The van der Waals surface area contributed by atoms with Crippen LogP contribution < -0.4 is 5.56 Å². The second-order valence-corrected chi connectivity index (χ2v) is 5.56. The van der Waals surface area contributed by atoms with Crippen molar-refractivity contribution in [1.29, 1.82) is 0 Å². The average molecular weight is 268 g/mol. The van der Waals surface area contributed by atoms with E-state index in [2.05, 4.69) is 29.0 Å². The van der Waals surface area contributed by atoms with Crippen LogP contribution in [0.4, 0.5) is 0 Å². The summed E-state index contributed by atoms with van der Waals surface area (Å²) in [6, 6.07) is 6.12. The van der Waals surface area contributed by atoms with E-state index in [-0.39, 0.29) is 5.56 Å². The summed E-state index contributed by atoms with van der Waals surface area (Å²) in [4.78, 5) is 19.5. The number of hydrogen-bond donors (Lipinski definition) is 1. The Morgan fingerprint density at radius 3 is 2.90 bits per heavy atom. The first kappa shape index (κ1) is 13.1. The summed E-state index contributed by atoms with van der Waals surface area (Å²) in [6.07, 6.45) is 5.74. The third-order valence-corrected chi connectivity index (χ3v) is 4.41. The summed E-state index contributed by atoms with van der Waals surface area (Å²) in [5.41, 5.74) is 5.90. The van der Waals surface area contributed by atoms with Crippen molar-refractivity contribution >= 4 is 0 Å². The van der Waals surface area contributed by atoms with Gasteiger partial charge in [-0.2, -0.15) is 0 Å². The zero-order chi connectivity index (χ0) is 14.1. The molecule has 3 nitrogen and oxygen atoms in total. The molecule has 0 radical (unpaired) electrons. The molecule has 20 heavy (non-hydrogen) atoms. The van der Waals surface area contributed by atoms with E-state index in [1.165, 1.54) is 16.8 Å². The van der Waals surface area contributed by atoms with Crippen LogP contribution in [0.3, 0.4) is 0 Å². The topological polar surface area (TPSA) is 45.8 Å². The van der Waals surface area contributed by atoms with Crippen LogP contribution in [0.15, 0.2) is 29.2 Å². The lowest BCUT2D eigenvalue weighted by atomic mass is 9.79. The van der Waals surface area contributed by atoms with Gasteiger partial charge in [0, 0.05) is 29.1 Å². The molecule has 0 spiro atoms. The van der Waals surface area contributed by atoms with Gasteiger partial charge in [0.2, 0.25) is 0 Å². The molecule has 0 fully saturated rings. The molecule has 2 aromatic rings. The third-order valence-electron chi connectivity index (χ3n) is 4.41. The summed E-state index contributed by atoms with van der Waals surface area (Å²) in [5, 5.41) is 0. The Hall–Kier alpha value is -1.90. The highest BCUT2D eigenvalue weighted by molar-refractivity contribution is 5.40. The van der Waals surface area contributed by atoms with E-state index in [0.717, 1.165) is 36.9 Å². The first-order chi connectivity index (χ1) is 9.70. The molecule has 0 aromatic carbocycles. The first-order valence-electron chi connectivity index (χ1n) is 7.35. The zero-order valence-electron chi connectivity index (χ0n) is 12.1. The second kappa shape index (κ2) is 5.23. The molecule has 1 aliphatic rings. The van der Waals surface area contributed by atoms with Gasteiger partial charge < -0.3 is 4.98 Å². The Balaban J connectivity index is 2.02. The molecular weight excluding hydrogens is 248 g/mol. The Bertz CT molecular complexity index is 673. The van der Waals surface area contributed by atoms with Gasteiger partial charge in [0.05, 0.1) is 0 Å². The molecule has 1 N–H and O–H groups in total. The predicted molar refractivity (Wildman–Crippen MR) is 80.2 cm³/mol. The van der Waals surface area contributed by atoms with Crippen molar-refractivity contribution in [2.75, 3.05) is 0 Å². The zero-order valence-corrected chi connectivity index (χ0v) is 12.1. The number of aromatic amines is 1. The number of nitrogens with zero attached hydrogens (tertiary/aromatic N) is 1. The largest absolute Gasteiger partial charge is 0.326 e. The number of fused-ring (bicyclic) bond motifs is 1. The van der Waals surface area contributed by atoms with Crippen molar-refractivity contribution in [3.63, 3.8) is 0 Å². The van der Waals surface area contributed by atoms with Crippen LogP contribution in [-0.4, -0.2) is 9.97 Å². The fourth-order valence-corrected chi connectivity index (χ4v) is 3.36. The summed E-state index contributed by atoms with van der Waals surface area (Å²) in [7, 11) is 0. The van der Waals surface area contributed by atoms with Gasteiger partial charge in [-0.3, -0.25) is 9.78 Å². The third kappa shape index (κ3) is 2.17. The number of aromatic nitrogens is 2. The van der Waals surface area contributed by atoms with Crippen LogP contribution in [-0.2, 0) is 19.3 Å². The summed E-state index contributed by atoms with van der Waals surface area (Å²) >= 11 is 0. The van der Waals surface area contributed by atoms with Crippen molar-refractivity contribution in [1.82, 2.24) is 9.97 Å². The van der Waals surface area contributed by atoms with Crippen LogP contribution in [0.5, 0.6) is 0 Å². The highest BCUT2D eigenvalue weighted by Gasteiger charge is 2.25. The fourth-order valence-electron chi connectivity index (χ4n) is 3.36. The minimum atomic E-state index is 0.0973. The molecule has 3 rings (SSSR count). The Kier molecular flexibility index (Phi) is 3.43. The van der Waals surface area contributed by atoms with Crippen molar-refractivity contribution in [3.8, 4) is 0 Å². The van der Waals surface area contributed by atoms with Crippen LogP contribution >= 0.6 is 0 Å². The van der Waals surface area contributed by atoms with Crippen molar-refractivity contribution in [2.45, 2.75) is 45.4 Å².